The minimum atomic E-state index is -0.0812. The Morgan fingerprint density at radius 2 is 2.33 bits per heavy atom. The lowest BCUT2D eigenvalue weighted by Crippen LogP contribution is -2.20. The largest absolute Gasteiger partial charge is 0.359 e. The molecule has 3 rings (SSSR count). The molecule has 0 unspecified atom stereocenters. The van der Waals surface area contributed by atoms with E-state index >= 15 is 0 Å². The van der Waals surface area contributed by atoms with Crippen molar-refractivity contribution in [2.24, 2.45) is 17.8 Å². The van der Waals surface area contributed by atoms with Gasteiger partial charge in [-0.15, -0.1) is 0 Å². The summed E-state index contributed by atoms with van der Waals surface area (Å²) in [6.07, 6.45) is 6.59. The van der Waals surface area contributed by atoms with Crippen molar-refractivity contribution in [1.29, 1.82) is 0 Å². The molecule has 2 aliphatic rings. The van der Waals surface area contributed by atoms with Crippen molar-refractivity contribution in [3.63, 3.8) is 0 Å². The van der Waals surface area contributed by atoms with E-state index in [0.29, 0.717) is 11.7 Å². The monoisotopic (exact) mass is 249 g/mol. The van der Waals surface area contributed by atoms with E-state index in [1.165, 1.54) is 25.7 Å². The minimum absolute atomic E-state index is 0.0812. The molecule has 1 aromatic heterocycles. The van der Waals surface area contributed by atoms with Crippen LogP contribution in [0.15, 0.2) is 4.52 Å². The van der Waals surface area contributed by atoms with Crippen LogP contribution in [-0.2, 0) is 17.6 Å². The van der Waals surface area contributed by atoms with E-state index in [4.69, 9.17) is 4.52 Å². The van der Waals surface area contributed by atoms with Crippen molar-refractivity contribution >= 4 is 5.91 Å². The smallest absolute Gasteiger partial charge is 0.227 e. The predicted octanol–water partition coefficient (Wildman–Crippen LogP) is 1.34. The van der Waals surface area contributed by atoms with Gasteiger partial charge in [0.25, 0.3) is 0 Å². The minimum Gasteiger partial charge on any atom is -0.359 e. The third-order valence-corrected chi connectivity index (χ3v) is 4.43. The van der Waals surface area contributed by atoms with Crippen LogP contribution in [0.3, 0.4) is 0 Å². The van der Waals surface area contributed by atoms with E-state index in [0.717, 1.165) is 24.2 Å². The summed E-state index contributed by atoms with van der Waals surface area (Å²) in [7, 11) is 1.61. The quantitative estimate of drug-likeness (QED) is 0.874. The molecule has 1 heterocycles. The van der Waals surface area contributed by atoms with Crippen LogP contribution in [0.25, 0.3) is 0 Å². The second kappa shape index (κ2) is 4.71. The molecule has 0 aliphatic heterocycles. The molecule has 5 nitrogen and oxygen atoms in total. The number of rotatable bonds is 4. The molecule has 1 amide bonds. The first-order chi connectivity index (χ1) is 8.74. The third-order valence-electron chi connectivity index (χ3n) is 4.43. The van der Waals surface area contributed by atoms with E-state index in [9.17, 15) is 4.79 Å². The highest BCUT2D eigenvalue weighted by molar-refractivity contribution is 5.77. The summed E-state index contributed by atoms with van der Waals surface area (Å²) in [6, 6.07) is 0. The maximum atomic E-state index is 11.2. The SMILES string of the molecule is CNC(=O)Cc1noc(C[C@@H]2C[C@H]3CC[C@@H]2C3)n1. The number of hydrogen-bond acceptors (Lipinski definition) is 4. The third kappa shape index (κ3) is 2.26. The first-order valence-electron chi connectivity index (χ1n) is 6.76. The van der Waals surface area contributed by atoms with Gasteiger partial charge in [-0.25, -0.2) is 0 Å². The van der Waals surface area contributed by atoms with Crippen LogP contribution in [0.5, 0.6) is 0 Å². The number of aromatic nitrogens is 2. The summed E-state index contributed by atoms with van der Waals surface area (Å²) >= 11 is 0. The zero-order chi connectivity index (χ0) is 12.5. The van der Waals surface area contributed by atoms with Gasteiger partial charge in [0, 0.05) is 13.5 Å². The maximum absolute atomic E-state index is 11.2. The van der Waals surface area contributed by atoms with E-state index < -0.39 is 0 Å². The molecule has 98 valence electrons. The van der Waals surface area contributed by atoms with Gasteiger partial charge in [0.05, 0.1) is 6.42 Å². The summed E-state index contributed by atoms with van der Waals surface area (Å²) < 4.78 is 5.24. The van der Waals surface area contributed by atoms with Gasteiger partial charge >= 0.3 is 0 Å². The van der Waals surface area contributed by atoms with Crippen LogP contribution in [0.2, 0.25) is 0 Å². The molecule has 2 saturated carbocycles. The number of likely N-dealkylation sites (N-methyl/N-ethyl adjacent to an activating group) is 1. The standard InChI is InChI=1S/C13H19N3O2/c1-14-12(17)7-11-15-13(18-16-11)6-10-5-8-2-3-9(10)4-8/h8-10H,2-7H2,1H3,(H,14,17)/t8-,9+,10-/m0/s1. The zero-order valence-corrected chi connectivity index (χ0v) is 10.7. The van der Waals surface area contributed by atoms with Crippen LogP contribution < -0.4 is 5.32 Å². The van der Waals surface area contributed by atoms with E-state index in [1.807, 2.05) is 0 Å². The lowest BCUT2D eigenvalue weighted by Gasteiger charge is -2.19. The number of carbonyl (C=O) groups excluding carboxylic acids is 1. The Hall–Kier alpha value is -1.39. The van der Waals surface area contributed by atoms with Gasteiger partial charge < -0.3 is 9.84 Å². The highest BCUT2D eigenvalue weighted by Gasteiger charge is 2.40. The van der Waals surface area contributed by atoms with Crippen molar-refractivity contribution in [3.05, 3.63) is 11.7 Å². The Balaban J connectivity index is 1.58. The van der Waals surface area contributed by atoms with Crippen molar-refractivity contribution in [1.82, 2.24) is 15.5 Å². The molecule has 0 spiro atoms. The highest BCUT2D eigenvalue weighted by atomic mass is 16.5. The average molecular weight is 249 g/mol. The van der Waals surface area contributed by atoms with Gasteiger partial charge in [-0.3, -0.25) is 4.79 Å². The zero-order valence-electron chi connectivity index (χ0n) is 10.7. The molecule has 5 heteroatoms. The van der Waals surface area contributed by atoms with Gasteiger partial charge in [0.15, 0.2) is 5.82 Å². The van der Waals surface area contributed by atoms with Gasteiger partial charge in [-0.1, -0.05) is 11.6 Å². The van der Waals surface area contributed by atoms with Crippen LogP contribution >= 0.6 is 0 Å². The molecular formula is C13H19N3O2. The molecular weight excluding hydrogens is 230 g/mol. The fourth-order valence-corrected chi connectivity index (χ4v) is 3.53. The van der Waals surface area contributed by atoms with Gasteiger partial charge in [0.2, 0.25) is 11.8 Å². The van der Waals surface area contributed by atoms with Crippen LogP contribution in [0.1, 0.15) is 37.4 Å². The molecule has 3 atom stereocenters. The molecule has 0 radical (unpaired) electrons. The number of nitrogens with one attached hydrogen (secondary N) is 1. The first-order valence-corrected chi connectivity index (χ1v) is 6.76. The Morgan fingerprint density at radius 3 is 3.00 bits per heavy atom. The number of nitrogens with zero attached hydrogens (tertiary/aromatic N) is 2. The Labute approximate surface area is 106 Å². The average Bonchev–Trinajstić information content (AvgIpc) is 3.06. The summed E-state index contributed by atoms with van der Waals surface area (Å²) in [5.41, 5.74) is 0. The lowest BCUT2D eigenvalue weighted by molar-refractivity contribution is -0.120. The molecule has 0 aromatic carbocycles. The summed E-state index contributed by atoms with van der Waals surface area (Å²) in [5, 5.41) is 6.42. The normalized spacial score (nSPS) is 29.7. The number of fused-ring (bicyclic) bond motifs is 2. The van der Waals surface area contributed by atoms with Crippen LogP contribution in [0.4, 0.5) is 0 Å². The number of carbonyl (C=O) groups is 1. The summed E-state index contributed by atoms with van der Waals surface area (Å²) in [5.74, 6) is 3.64. The molecule has 0 saturated heterocycles. The van der Waals surface area contributed by atoms with E-state index in [1.54, 1.807) is 7.05 Å². The summed E-state index contributed by atoms with van der Waals surface area (Å²) in [6.45, 7) is 0. The highest BCUT2D eigenvalue weighted by Crippen LogP contribution is 2.49. The second-order valence-electron chi connectivity index (χ2n) is 5.59. The van der Waals surface area contributed by atoms with Gasteiger partial charge in [-0.05, 0) is 37.0 Å². The summed E-state index contributed by atoms with van der Waals surface area (Å²) in [4.78, 5) is 15.5. The molecule has 2 aliphatic carbocycles. The Bertz CT molecular complexity index is 443. The van der Waals surface area contributed by atoms with Crippen LogP contribution in [-0.4, -0.2) is 23.1 Å². The van der Waals surface area contributed by atoms with Crippen LogP contribution in [0, 0.1) is 17.8 Å². The fourth-order valence-electron chi connectivity index (χ4n) is 3.53. The second-order valence-corrected chi connectivity index (χ2v) is 5.59. The van der Waals surface area contributed by atoms with Gasteiger partial charge in [0.1, 0.15) is 0 Å². The number of amides is 1. The van der Waals surface area contributed by atoms with E-state index in [2.05, 4.69) is 15.5 Å². The molecule has 1 N–H and O–H groups in total. The fraction of sp³-hybridized carbons (Fsp3) is 0.769. The Kier molecular flexibility index (Phi) is 3.06. The topological polar surface area (TPSA) is 68.0 Å². The maximum Gasteiger partial charge on any atom is 0.227 e. The Morgan fingerprint density at radius 1 is 1.44 bits per heavy atom. The molecule has 2 bridgehead atoms. The number of hydrogen-bond donors (Lipinski definition) is 1. The lowest BCUT2D eigenvalue weighted by atomic mass is 9.86. The first kappa shape index (κ1) is 11.7. The molecule has 1 aromatic rings. The van der Waals surface area contributed by atoms with Crippen molar-refractivity contribution in [2.75, 3.05) is 7.05 Å². The van der Waals surface area contributed by atoms with E-state index in [-0.39, 0.29) is 12.3 Å². The molecule has 18 heavy (non-hydrogen) atoms. The van der Waals surface area contributed by atoms with Crippen molar-refractivity contribution < 1.29 is 9.32 Å². The van der Waals surface area contributed by atoms with Gasteiger partial charge in [-0.2, -0.15) is 4.98 Å². The van der Waals surface area contributed by atoms with Crippen molar-refractivity contribution in [3.8, 4) is 0 Å². The van der Waals surface area contributed by atoms with Crippen molar-refractivity contribution in [2.45, 2.75) is 38.5 Å². The molecule has 2 fully saturated rings. The predicted molar refractivity (Wildman–Crippen MR) is 64.7 cm³/mol.